The second kappa shape index (κ2) is 12.2. The number of carbonyl (C=O) groups is 5. The van der Waals surface area contributed by atoms with Gasteiger partial charge in [0.1, 0.15) is 6.10 Å². The van der Waals surface area contributed by atoms with Gasteiger partial charge in [-0.25, -0.2) is 0 Å². The Morgan fingerprint density at radius 1 is 0.548 bits per heavy atom. The average Bonchev–Trinajstić information content (AvgIpc) is 2.61. The van der Waals surface area contributed by atoms with Gasteiger partial charge in [0.15, 0.2) is 30.5 Å². The Kier molecular flexibility index (Phi) is 10.3. The van der Waals surface area contributed by atoms with Crippen LogP contribution < -0.4 is 0 Å². The van der Waals surface area contributed by atoms with Crippen molar-refractivity contribution in [2.45, 2.75) is 77.7 Å². The van der Waals surface area contributed by atoms with E-state index in [9.17, 15) is 28.4 Å². The summed E-state index contributed by atoms with van der Waals surface area (Å²) in [6.45, 7) is 4.42. The highest BCUT2D eigenvalue weighted by Gasteiger charge is 2.59. The van der Waals surface area contributed by atoms with Gasteiger partial charge in [-0.05, 0) is 6.42 Å². The Morgan fingerprint density at radius 3 is 1.03 bits per heavy atom. The van der Waals surface area contributed by atoms with Crippen molar-refractivity contribution in [3.8, 4) is 0 Å². The van der Waals surface area contributed by atoms with Gasteiger partial charge in [0.25, 0.3) is 0 Å². The Bertz CT molecular complexity index is 636. The van der Waals surface area contributed by atoms with Gasteiger partial charge in [0.05, 0.1) is 6.67 Å². The number of hydrogen-bond donors (Lipinski definition) is 0. The second-order valence-electron chi connectivity index (χ2n) is 6.75. The zero-order chi connectivity index (χ0) is 23.7. The van der Waals surface area contributed by atoms with Crippen LogP contribution in [0.4, 0.5) is 4.39 Å². The minimum absolute atomic E-state index is 0.0417. The van der Waals surface area contributed by atoms with Crippen LogP contribution in [0.3, 0.4) is 0 Å². The molecule has 11 nitrogen and oxygen atoms in total. The fourth-order valence-electron chi connectivity index (χ4n) is 3.21. The fourth-order valence-corrected chi connectivity index (χ4v) is 3.21. The minimum atomic E-state index is -1.50. The van der Waals surface area contributed by atoms with E-state index in [-0.39, 0.29) is 13.0 Å². The summed E-state index contributed by atoms with van der Waals surface area (Å²) in [6.07, 6.45) is -8.68. The first-order valence-electron chi connectivity index (χ1n) is 9.51. The zero-order valence-electron chi connectivity index (χ0n) is 18.0. The normalized spacial score (nSPS) is 27.5. The smallest absolute Gasteiger partial charge is 0.303 e. The number of carbonyl (C=O) groups excluding carboxylic acids is 5. The maximum atomic E-state index is 12.6. The van der Waals surface area contributed by atoms with Crippen LogP contribution in [0.5, 0.6) is 0 Å². The predicted molar refractivity (Wildman–Crippen MR) is 98.1 cm³/mol. The van der Waals surface area contributed by atoms with Crippen molar-refractivity contribution in [2.75, 3.05) is 13.3 Å². The number of esters is 5. The van der Waals surface area contributed by atoms with E-state index < -0.39 is 73.1 Å². The van der Waals surface area contributed by atoms with Crippen LogP contribution in [0, 0.1) is 0 Å². The highest BCUT2D eigenvalue weighted by atomic mass is 19.1. The third-order valence-electron chi connectivity index (χ3n) is 4.04. The largest absolute Gasteiger partial charge is 0.455 e. The molecular weight excluding hydrogens is 423 g/mol. The lowest BCUT2D eigenvalue weighted by atomic mass is 9.83. The average molecular weight is 450 g/mol. The van der Waals surface area contributed by atoms with Gasteiger partial charge in [-0.3, -0.25) is 28.4 Å². The zero-order valence-corrected chi connectivity index (χ0v) is 18.0. The molecule has 0 aromatic rings. The third kappa shape index (κ3) is 8.12. The van der Waals surface area contributed by atoms with Crippen molar-refractivity contribution < 1.29 is 56.8 Å². The molecule has 1 saturated carbocycles. The maximum Gasteiger partial charge on any atom is 0.303 e. The van der Waals surface area contributed by atoms with Gasteiger partial charge in [0.2, 0.25) is 0 Å². The summed E-state index contributed by atoms with van der Waals surface area (Å²) in [5, 5.41) is 0. The first kappa shape index (κ1) is 26.3. The molecule has 0 amide bonds. The molecule has 0 N–H and O–H groups in total. The molecule has 6 atom stereocenters. The van der Waals surface area contributed by atoms with Crippen molar-refractivity contribution in [2.24, 2.45) is 0 Å². The lowest BCUT2D eigenvalue weighted by Crippen LogP contribution is -2.68. The van der Waals surface area contributed by atoms with Crippen LogP contribution in [-0.2, 0) is 52.4 Å². The molecule has 176 valence electrons. The summed E-state index contributed by atoms with van der Waals surface area (Å²) in [5.41, 5.74) is 0. The summed E-state index contributed by atoms with van der Waals surface area (Å²) in [7, 11) is 0. The molecule has 0 radical (unpaired) electrons. The first-order chi connectivity index (χ1) is 14.5. The van der Waals surface area contributed by atoms with E-state index in [1.165, 1.54) is 0 Å². The molecule has 0 aromatic carbocycles. The Hall–Kier alpha value is -2.76. The quantitative estimate of drug-likeness (QED) is 0.274. The molecule has 12 heteroatoms. The molecule has 0 heterocycles. The SMILES string of the molecule is CC(=O)OC1C(OC(C)=O)[C@@H](OCCCF)[C@@H](OC(C)=O)C(OC(C)=O)[C@H]1OC(C)=O. The number of ether oxygens (including phenoxy) is 6. The summed E-state index contributed by atoms with van der Waals surface area (Å²) >= 11 is 0. The summed E-state index contributed by atoms with van der Waals surface area (Å²) in [6, 6.07) is 0. The molecule has 0 aliphatic heterocycles. The van der Waals surface area contributed by atoms with Gasteiger partial charge in [-0.1, -0.05) is 0 Å². The van der Waals surface area contributed by atoms with Gasteiger partial charge < -0.3 is 28.4 Å². The topological polar surface area (TPSA) is 141 Å². The Morgan fingerprint density at radius 2 is 0.806 bits per heavy atom. The highest BCUT2D eigenvalue weighted by Crippen LogP contribution is 2.34. The molecule has 3 unspecified atom stereocenters. The van der Waals surface area contributed by atoms with Gasteiger partial charge in [-0.15, -0.1) is 0 Å². The molecule has 0 aromatic heterocycles. The fraction of sp³-hybridized carbons (Fsp3) is 0.737. The lowest BCUT2D eigenvalue weighted by molar-refractivity contribution is -0.262. The number of alkyl halides is 1. The van der Waals surface area contributed by atoms with E-state index in [0.29, 0.717) is 0 Å². The molecule has 31 heavy (non-hydrogen) atoms. The highest BCUT2D eigenvalue weighted by molar-refractivity contribution is 5.70. The number of hydrogen-bond acceptors (Lipinski definition) is 11. The lowest BCUT2D eigenvalue weighted by Gasteiger charge is -2.47. The van der Waals surface area contributed by atoms with E-state index >= 15 is 0 Å². The molecule has 1 rings (SSSR count). The third-order valence-corrected chi connectivity index (χ3v) is 4.04. The van der Waals surface area contributed by atoms with E-state index in [4.69, 9.17) is 28.4 Å². The molecular formula is C19H27FO11. The van der Waals surface area contributed by atoms with Crippen molar-refractivity contribution in [3.05, 3.63) is 0 Å². The van der Waals surface area contributed by atoms with Gasteiger partial charge >= 0.3 is 29.8 Å². The molecule has 0 bridgehead atoms. The molecule has 0 saturated heterocycles. The van der Waals surface area contributed by atoms with E-state index in [1.807, 2.05) is 0 Å². The van der Waals surface area contributed by atoms with E-state index in [2.05, 4.69) is 0 Å². The second-order valence-corrected chi connectivity index (χ2v) is 6.75. The van der Waals surface area contributed by atoms with Crippen molar-refractivity contribution >= 4 is 29.8 Å². The molecule has 1 fully saturated rings. The van der Waals surface area contributed by atoms with Crippen molar-refractivity contribution in [1.29, 1.82) is 0 Å². The Balaban J connectivity index is 3.58. The minimum Gasteiger partial charge on any atom is -0.455 e. The van der Waals surface area contributed by atoms with E-state index in [1.54, 1.807) is 0 Å². The predicted octanol–water partition coefficient (Wildman–Crippen LogP) is 0.403. The molecule has 1 aliphatic carbocycles. The van der Waals surface area contributed by atoms with Gasteiger partial charge in [0, 0.05) is 41.2 Å². The van der Waals surface area contributed by atoms with Crippen LogP contribution >= 0.6 is 0 Å². The van der Waals surface area contributed by atoms with Crippen LogP contribution in [-0.4, -0.2) is 79.8 Å². The van der Waals surface area contributed by atoms with Crippen LogP contribution in [0.1, 0.15) is 41.0 Å². The van der Waals surface area contributed by atoms with Crippen molar-refractivity contribution in [3.63, 3.8) is 0 Å². The van der Waals surface area contributed by atoms with E-state index in [0.717, 1.165) is 34.6 Å². The summed E-state index contributed by atoms with van der Waals surface area (Å²) < 4.78 is 44.5. The first-order valence-corrected chi connectivity index (χ1v) is 9.51. The van der Waals surface area contributed by atoms with Crippen molar-refractivity contribution in [1.82, 2.24) is 0 Å². The van der Waals surface area contributed by atoms with Crippen LogP contribution in [0.25, 0.3) is 0 Å². The number of rotatable bonds is 9. The summed E-state index contributed by atoms with van der Waals surface area (Å²) in [4.78, 5) is 58.7. The Labute approximate surface area is 178 Å². The monoisotopic (exact) mass is 450 g/mol. The van der Waals surface area contributed by atoms with Crippen LogP contribution in [0.2, 0.25) is 0 Å². The number of halogens is 1. The standard InChI is InChI=1S/C19H27FO11/c1-9(21)27-15-14(26-8-6-7-20)16(28-10(2)22)18(30-12(4)24)19(31-13(5)25)17(15)29-11(3)23/h14-19H,6-8H2,1-5H3/t14-,15+,16?,17?,18?,19+/m0/s1. The maximum absolute atomic E-state index is 12.6. The van der Waals surface area contributed by atoms with Gasteiger partial charge in [-0.2, -0.15) is 0 Å². The molecule has 1 aliphatic rings. The van der Waals surface area contributed by atoms with Crippen LogP contribution in [0.15, 0.2) is 0 Å². The summed E-state index contributed by atoms with van der Waals surface area (Å²) in [5.74, 6) is -4.10. The molecule has 0 spiro atoms.